The van der Waals surface area contributed by atoms with Crippen LogP contribution in [0.1, 0.15) is 31.4 Å². The number of rotatable bonds is 4. The minimum Gasteiger partial charge on any atom is -0.329 e. The number of likely N-dealkylation sites (N-methyl/N-ethyl adjacent to an activating group) is 1. The molecule has 0 amide bonds. The smallest absolute Gasteiger partial charge is 0.0427 e. The maximum Gasteiger partial charge on any atom is 0.0427 e. The molecule has 0 aliphatic carbocycles. The summed E-state index contributed by atoms with van der Waals surface area (Å²) in [6.45, 7) is 8.58. The Labute approximate surface area is 128 Å². The molecule has 0 spiro atoms. The molecule has 20 heavy (non-hydrogen) atoms. The third kappa shape index (κ3) is 3.57. The number of nitrogens with zero attached hydrogens (tertiary/aromatic N) is 1. The summed E-state index contributed by atoms with van der Waals surface area (Å²) < 4.78 is 0. The van der Waals surface area contributed by atoms with Crippen molar-refractivity contribution < 1.29 is 0 Å². The monoisotopic (exact) mass is 292 g/mol. The minimum atomic E-state index is 0.136. The van der Waals surface area contributed by atoms with Crippen LogP contribution in [0.5, 0.6) is 0 Å². The summed E-state index contributed by atoms with van der Waals surface area (Å²) in [6, 6.07) is 8.85. The van der Waals surface area contributed by atoms with Crippen LogP contribution in [-0.4, -0.2) is 35.5 Å². The molecule has 1 saturated heterocycles. The Hall–Kier alpha value is -0.510. The summed E-state index contributed by atoms with van der Waals surface area (Å²) in [5, 5.41) is 0. The molecule has 0 aromatic heterocycles. The second-order valence-electron chi connectivity index (χ2n) is 7.10. The fraction of sp³-hybridized carbons (Fsp3) is 0.647. The maximum atomic E-state index is 6.18. The highest BCUT2D eigenvalue weighted by Gasteiger charge is 2.42. The molecule has 0 radical (unpaired) electrons. The van der Waals surface area contributed by atoms with Gasteiger partial charge < -0.3 is 5.73 Å². The van der Waals surface area contributed by atoms with E-state index in [0.29, 0.717) is 5.41 Å². The molecule has 2 N–H and O–H groups in total. The average Bonchev–Trinajstić information content (AvgIpc) is 2.40. The highest BCUT2D eigenvalue weighted by molar-refractivity contribution is 7.99. The van der Waals surface area contributed by atoms with E-state index in [9.17, 15) is 0 Å². The SMILES string of the molecule is Cc1ccc(CN(C)C2(CN)CSCC(C)(C)C2)cc1. The minimum absolute atomic E-state index is 0.136. The van der Waals surface area contributed by atoms with Gasteiger partial charge in [0.15, 0.2) is 0 Å². The third-order valence-corrected chi connectivity index (χ3v) is 6.13. The number of hydrogen-bond donors (Lipinski definition) is 1. The van der Waals surface area contributed by atoms with Crippen LogP contribution in [0.15, 0.2) is 24.3 Å². The van der Waals surface area contributed by atoms with E-state index in [4.69, 9.17) is 5.73 Å². The molecule has 1 aromatic rings. The summed E-state index contributed by atoms with van der Waals surface area (Å²) >= 11 is 2.05. The zero-order chi connectivity index (χ0) is 14.8. The van der Waals surface area contributed by atoms with E-state index in [0.717, 1.165) is 18.8 Å². The van der Waals surface area contributed by atoms with Gasteiger partial charge in [0.1, 0.15) is 0 Å². The van der Waals surface area contributed by atoms with Crippen molar-refractivity contribution in [3.8, 4) is 0 Å². The lowest BCUT2D eigenvalue weighted by Crippen LogP contribution is -2.58. The Kier molecular flexibility index (Phi) is 4.83. The van der Waals surface area contributed by atoms with Gasteiger partial charge in [-0.15, -0.1) is 0 Å². The fourth-order valence-electron chi connectivity index (χ4n) is 3.18. The van der Waals surface area contributed by atoms with Crippen molar-refractivity contribution in [2.75, 3.05) is 25.1 Å². The van der Waals surface area contributed by atoms with Crippen LogP contribution in [-0.2, 0) is 6.54 Å². The van der Waals surface area contributed by atoms with Gasteiger partial charge >= 0.3 is 0 Å². The van der Waals surface area contributed by atoms with E-state index in [1.807, 2.05) is 0 Å². The largest absolute Gasteiger partial charge is 0.329 e. The third-order valence-electron chi connectivity index (χ3n) is 4.40. The van der Waals surface area contributed by atoms with Crippen molar-refractivity contribution in [2.24, 2.45) is 11.1 Å². The molecule has 1 heterocycles. The highest BCUT2D eigenvalue weighted by atomic mass is 32.2. The van der Waals surface area contributed by atoms with Crippen molar-refractivity contribution in [1.29, 1.82) is 0 Å². The maximum absolute atomic E-state index is 6.18. The van der Waals surface area contributed by atoms with Crippen LogP contribution in [0.4, 0.5) is 0 Å². The molecule has 1 aliphatic heterocycles. The van der Waals surface area contributed by atoms with E-state index in [2.05, 4.69) is 68.7 Å². The Morgan fingerprint density at radius 1 is 1.20 bits per heavy atom. The van der Waals surface area contributed by atoms with Crippen LogP contribution in [0.2, 0.25) is 0 Å². The van der Waals surface area contributed by atoms with Crippen LogP contribution in [0.3, 0.4) is 0 Å². The highest BCUT2D eigenvalue weighted by Crippen LogP contribution is 2.41. The molecule has 2 nitrogen and oxygen atoms in total. The second kappa shape index (κ2) is 6.08. The van der Waals surface area contributed by atoms with Crippen molar-refractivity contribution in [2.45, 2.75) is 39.3 Å². The molecule has 2 rings (SSSR count). The lowest BCUT2D eigenvalue weighted by atomic mass is 9.79. The second-order valence-corrected chi connectivity index (χ2v) is 8.09. The molecule has 1 aromatic carbocycles. The summed E-state index contributed by atoms with van der Waals surface area (Å²) in [5.74, 6) is 2.39. The van der Waals surface area contributed by atoms with Crippen LogP contribution >= 0.6 is 11.8 Å². The van der Waals surface area contributed by atoms with Crippen LogP contribution in [0, 0.1) is 12.3 Å². The zero-order valence-electron chi connectivity index (χ0n) is 13.3. The first-order chi connectivity index (χ1) is 9.37. The normalized spacial score (nSPS) is 25.9. The molecular formula is C17H28N2S. The van der Waals surface area contributed by atoms with Gasteiger partial charge in [-0.3, -0.25) is 4.90 Å². The van der Waals surface area contributed by atoms with Gasteiger partial charge in [0.05, 0.1) is 0 Å². The van der Waals surface area contributed by atoms with Crippen molar-refractivity contribution in [3.63, 3.8) is 0 Å². The Morgan fingerprint density at radius 2 is 1.85 bits per heavy atom. The summed E-state index contributed by atoms with van der Waals surface area (Å²) in [7, 11) is 2.23. The van der Waals surface area contributed by atoms with Gasteiger partial charge in [-0.25, -0.2) is 0 Å². The van der Waals surface area contributed by atoms with Gasteiger partial charge in [0.2, 0.25) is 0 Å². The number of hydrogen-bond acceptors (Lipinski definition) is 3. The van der Waals surface area contributed by atoms with Gasteiger partial charge in [0, 0.05) is 24.4 Å². The lowest BCUT2D eigenvalue weighted by molar-refractivity contribution is 0.0870. The van der Waals surface area contributed by atoms with E-state index in [1.54, 1.807) is 0 Å². The number of nitrogens with two attached hydrogens (primary N) is 1. The number of thioether (sulfide) groups is 1. The van der Waals surface area contributed by atoms with Gasteiger partial charge in [-0.1, -0.05) is 43.7 Å². The van der Waals surface area contributed by atoms with E-state index in [1.165, 1.54) is 23.3 Å². The van der Waals surface area contributed by atoms with Crippen LogP contribution in [0.25, 0.3) is 0 Å². The molecule has 1 fully saturated rings. The van der Waals surface area contributed by atoms with Gasteiger partial charge in [-0.05, 0) is 37.1 Å². The summed E-state index contributed by atoms with van der Waals surface area (Å²) in [4.78, 5) is 2.48. The quantitative estimate of drug-likeness (QED) is 0.923. The lowest BCUT2D eigenvalue weighted by Gasteiger charge is -2.49. The fourth-order valence-corrected chi connectivity index (χ4v) is 4.75. The van der Waals surface area contributed by atoms with Crippen LogP contribution < -0.4 is 5.73 Å². The van der Waals surface area contributed by atoms with E-state index in [-0.39, 0.29) is 5.54 Å². The molecule has 0 bridgehead atoms. The molecule has 0 saturated carbocycles. The summed E-state index contributed by atoms with van der Waals surface area (Å²) in [5.41, 5.74) is 9.39. The first-order valence-electron chi connectivity index (χ1n) is 7.42. The molecular weight excluding hydrogens is 264 g/mol. The molecule has 1 unspecified atom stereocenters. The summed E-state index contributed by atoms with van der Waals surface area (Å²) in [6.07, 6.45) is 1.19. The predicted octanol–water partition coefficient (Wildman–Crippen LogP) is 3.29. The number of aryl methyl sites for hydroxylation is 1. The molecule has 1 aliphatic rings. The zero-order valence-corrected chi connectivity index (χ0v) is 14.1. The standard InChI is InChI=1S/C17H28N2S/c1-14-5-7-15(8-6-14)9-19(4)17(11-18)10-16(2,3)12-20-13-17/h5-8H,9-13,18H2,1-4H3. The Balaban J connectivity index is 2.12. The van der Waals surface area contributed by atoms with Gasteiger partial charge in [-0.2, -0.15) is 11.8 Å². The Morgan fingerprint density at radius 3 is 2.40 bits per heavy atom. The number of benzene rings is 1. The Bertz CT molecular complexity index is 441. The first kappa shape index (κ1) is 15.9. The van der Waals surface area contributed by atoms with Crippen molar-refractivity contribution in [3.05, 3.63) is 35.4 Å². The molecule has 1 atom stereocenters. The predicted molar refractivity (Wildman–Crippen MR) is 90.2 cm³/mol. The molecule has 112 valence electrons. The topological polar surface area (TPSA) is 29.3 Å². The van der Waals surface area contributed by atoms with Crippen molar-refractivity contribution in [1.82, 2.24) is 4.90 Å². The van der Waals surface area contributed by atoms with Crippen molar-refractivity contribution >= 4 is 11.8 Å². The van der Waals surface area contributed by atoms with Gasteiger partial charge in [0.25, 0.3) is 0 Å². The van der Waals surface area contributed by atoms with E-state index < -0.39 is 0 Å². The molecule has 3 heteroatoms. The van der Waals surface area contributed by atoms with E-state index >= 15 is 0 Å². The average molecular weight is 292 g/mol. The first-order valence-corrected chi connectivity index (χ1v) is 8.57.